The minimum Gasteiger partial charge on any atom is -0.469 e. The van der Waals surface area contributed by atoms with E-state index < -0.39 is 5.54 Å². The topological polar surface area (TPSA) is 61.5 Å². The van der Waals surface area contributed by atoms with Crippen LogP contribution >= 0.6 is 0 Å². The number of esters is 1. The van der Waals surface area contributed by atoms with Crippen LogP contribution in [0.3, 0.4) is 0 Å². The summed E-state index contributed by atoms with van der Waals surface area (Å²) in [6, 6.07) is 0. The molecule has 2 N–H and O–H groups in total. The van der Waals surface area contributed by atoms with Gasteiger partial charge in [0.2, 0.25) is 0 Å². The maximum Gasteiger partial charge on any atom is 0.306 e. The van der Waals surface area contributed by atoms with E-state index in [1.165, 1.54) is 7.11 Å². The van der Waals surface area contributed by atoms with Crippen LogP contribution in [0.2, 0.25) is 0 Å². The van der Waals surface area contributed by atoms with Crippen LogP contribution in [-0.2, 0) is 14.3 Å². The van der Waals surface area contributed by atoms with E-state index in [9.17, 15) is 4.79 Å². The van der Waals surface area contributed by atoms with Gasteiger partial charge in [0.25, 0.3) is 0 Å². The fourth-order valence-electron chi connectivity index (χ4n) is 2.85. The van der Waals surface area contributed by atoms with Gasteiger partial charge in [0.1, 0.15) is 0 Å². The van der Waals surface area contributed by atoms with Gasteiger partial charge in [-0.1, -0.05) is 6.92 Å². The molecule has 0 aromatic rings. The number of carbonyl (C=O) groups is 1. The van der Waals surface area contributed by atoms with Gasteiger partial charge in [-0.15, -0.1) is 0 Å². The van der Waals surface area contributed by atoms with E-state index in [-0.39, 0.29) is 17.0 Å². The van der Waals surface area contributed by atoms with Gasteiger partial charge in [0, 0.05) is 17.6 Å². The number of ether oxygens (including phenoxy) is 2. The van der Waals surface area contributed by atoms with Crippen LogP contribution in [0.4, 0.5) is 0 Å². The molecule has 1 aliphatic rings. The van der Waals surface area contributed by atoms with Crippen LogP contribution < -0.4 is 5.73 Å². The molecule has 106 valence electrons. The van der Waals surface area contributed by atoms with Crippen molar-refractivity contribution in [3.63, 3.8) is 0 Å². The molecule has 18 heavy (non-hydrogen) atoms. The molecule has 0 aromatic heterocycles. The first-order chi connectivity index (χ1) is 8.18. The smallest absolute Gasteiger partial charge is 0.306 e. The van der Waals surface area contributed by atoms with E-state index in [1.807, 2.05) is 13.8 Å². The molecule has 4 nitrogen and oxygen atoms in total. The molecular weight excluding hydrogens is 230 g/mol. The molecule has 0 amide bonds. The lowest BCUT2D eigenvalue weighted by molar-refractivity contribution is -0.160. The molecule has 2 unspecified atom stereocenters. The second-order valence-electron chi connectivity index (χ2n) is 6.33. The first-order valence-electron chi connectivity index (χ1n) is 6.68. The van der Waals surface area contributed by atoms with Crippen molar-refractivity contribution in [2.24, 2.45) is 11.1 Å². The Bertz CT molecular complexity index is 311. The standard InChI is InChI=1S/C14H27NO3/c1-6-13(4)10-14(7-8-18-13,12(2,3)15)9-11(16)17-5/h6-10,15H2,1-5H3. The fraction of sp³-hybridized carbons (Fsp3) is 0.929. The lowest BCUT2D eigenvalue weighted by Crippen LogP contribution is -2.58. The molecule has 0 aliphatic carbocycles. The summed E-state index contributed by atoms with van der Waals surface area (Å²) in [6.07, 6.45) is 2.90. The molecule has 4 heteroatoms. The van der Waals surface area contributed by atoms with Crippen molar-refractivity contribution in [2.45, 2.75) is 64.5 Å². The number of carbonyl (C=O) groups excluding carboxylic acids is 1. The lowest BCUT2D eigenvalue weighted by atomic mass is 9.61. The van der Waals surface area contributed by atoms with Gasteiger partial charge < -0.3 is 15.2 Å². The summed E-state index contributed by atoms with van der Waals surface area (Å²) in [5.74, 6) is -0.186. The van der Waals surface area contributed by atoms with Crippen LogP contribution in [0.15, 0.2) is 0 Å². The molecule has 0 aromatic carbocycles. The summed E-state index contributed by atoms with van der Waals surface area (Å²) in [5.41, 5.74) is 5.49. The Kier molecular flexibility index (Phi) is 4.44. The number of rotatable bonds is 4. The van der Waals surface area contributed by atoms with Gasteiger partial charge in [0.05, 0.1) is 19.1 Å². The number of nitrogens with two attached hydrogens (primary N) is 1. The van der Waals surface area contributed by atoms with Crippen LogP contribution in [0.25, 0.3) is 0 Å². The van der Waals surface area contributed by atoms with E-state index in [2.05, 4.69) is 13.8 Å². The normalized spacial score (nSPS) is 33.2. The average molecular weight is 257 g/mol. The van der Waals surface area contributed by atoms with Gasteiger partial charge in [-0.25, -0.2) is 0 Å². The summed E-state index contributed by atoms with van der Waals surface area (Å²) >= 11 is 0. The zero-order valence-electron chi connectivity index (χ0n) is 12.3. The van der Waals surface area contributed by atoms with Crippen LogP contribution in [0.5, 0.6) is 0 Å². The molecule has 1 heterocycles. The van der Waals surface area contributed by atoms with E-state index in [0.717, 1.165) is 19.3 Å². The monoisotopic (exact) mass is 257 g/mol. The Balaban J connectivity index is 3.02. The highest BCUT2D eigenvalue weighted by Crippen LogP contribution is 2.48. The van der Waals surface area contributed by atoms with Crippen molar-refractivity contribution >= 4 is 5.97 Å². The molecule has 0 radical (unpaired) electrons. The van der Waals surface area contributed by atoms with Crippen molar-refractivity contribution in [1.82, 2.24) is 0 Å². The number of hydrogen-bond acceptors (Lipinski definition) is 4. The molecule has 0 bridgehead atoms. The van der Waals surface area contributed by atoms with E-state index in [1.54, 1.807) is 0 Å². The molecule has 0 saturated carbocycles. The highest BCUT2D eigenvalue weighted by atomic mass is 16.5. The highest BCUT2D eigenvalue weighted by molar-refractivity contribution is 5.70. The van der Waals surface area contributed by atoms with Crippen molar-refractivity contribution in [2.75, 3.05) is 13.7 Å². The Morgan fingerprint density at radius 2 is 2.11 bits per heavy atom. The minimum absolute atomic E-state index is 0.186. The van der Waals surface area contributed by atoms with Crippen LogP contribution in [0, 0.1) is 5.41 Å². The van der Waals surface area contributed by atoms with Gasteiger partial charge >= 0.3 is 5.97 Å². The summed E-state index contributed by atoms with van der Waals surface area (Å²) in [6.45, 7) is 8.86. The maximum absolute atomic E-state index is 11.7. The molecular formula is C14H27NO3. The first kappa shape index (κ1) is 15.4. The summed E-state index contributed by atoms with van der Waals surface area (Å²) in [5, 5.41) is 0. The van der Waals surface area contributed by atoms with Gasteiger partial charge in [-0.2, -0.15) is 0 Å². The zero-order chi connectivity index (χ0) is 14.0. The van der Waals surface area contributed by atoms with E-state index >= 15 is 0 Å². The van der Waals surface area contributed by atoms with Gasteiger partial charge in [0.15, 0.2) is 0 Å². The summed E-state index contributed by atoms with van der Waals surface area (Å²) < 4.78 is 10.7. The zero-order valence-corrected chi connectivity index (χ0v) is 12.3. The van der Waals surface area contributed by atoms with Crippen molar-refractivity contribution < 1.29 is 14.3 Å². The van der Waals surface area contributed by atoms with Crippen LogP contribution in [-0.4, -0.2) is 30.8 Å². The largest absolute Gasteiger partial charge is 0.469 e. The Hall–Kier alpha value is -0.610. The van der Waals surface area contributed by atoms with Crippen molar-refractivity contribution in [3.8, 4) is 0 Å². The predicted molar refractivity (Wildman–Crippen MR) is 71.2 cm³/mol. The fourth-order valence-corrected chi connectivity index (χ4v) is 2.85. The lowest BCUT2D eigenvalue weighted by Gasteiger charge is -2.52. The predicted octanol–water partition coefficient (Wildman–Crippen LogP) is 2.25. The maximum atomic E-state index is 11.7. The third-order valence-electron chi connectivity index (χ3n) is 4.57. The van der Waals surface area contributed by atoms with E-state index in [0.29, 0.717) is 13.0 Å². The third kappa shape index (κ3) is 3.04. The number of methoxy groups -OCH3 is 1. The molecule has 2 atom stereocenters. The third-order valence-corrected chi connectivity index (χ3v) is 4.57. The molecule has 1 fully saturated rings. The Morgan fingerprint density at radius 3 is 2.56 bits per heavy atom. The van der Waals surface area contributed by atoms with Gasteiger partial charge in [-0.3, -0.25) is 4.79 Å². The average Bonchev–Trinajstić information content (AvgIpc) is 2.27. The molecule has 0 spiro atoms. The van der Waals surface area contributed by atoms with E-state index in [4.69, 9.17) is 15.2 Å². The second kappa shape index (κ2) is 5.17. The quantitative estimate of drug-likeness (QED) is 0.785. The Morgan fingerprint density at radius 1 is 1.50 bits per heavy atom. The van der Waals surface area contributed by atoms with Crippen LogP contribution in [0.1, 0.15) is 53.4 Å². The SMILES string of the molecule is CCC1(C)CC(CC(=O)OC)(C(C)(C)N)CCO1. The summed E-state index contributed by atoms with van der Waals surface area (Å²) in [7, 11) is 1.43. The first-order valence-corrected chi connectivity index (χ1v) is 6.68. The Labute approximate surface area is 110 Å². The van der Waals surface area contributed by atoms with Gasteiger partial charge in [-0.05, 0) is 40.0 Å². The highest BCUT2D eigenvalue weighted by Gasteiger charge is 2.50. The van der Waals surface area contributed by atoms with Crippen molar-refractivity contribution in [3.05, 3.63) is 0 Å². The number of hydrogen-bond donors (Lipinski definition) is 1. The molecule has 1 aliphatic heterocycles. The minimum atomic E-state index is -0.429. The molecule has 1 rings (SSSR count). The molecule has 1 saturated heterocycles. The second-order valence-corrected chi connectivity index (χ2v) is 6.33. The summed E-state index contributed by atoms with van der Waals surface area (Å²) in [4.78, 5) is 11.7. The van der Waals surface area contributed by atoms with Crippen molar-refractivity contribution in [1.29, 1.82) is 0 Å².